The molecule has 3 heterocycles. The van der Waals surface area contributed by atoms with Crippen molar-refractivity contribution in [1.29, 1.82) is 0 Å². The molecular weight excluding hydrogens is 454 g/mol. The molecule has 0 atom stereocenters. The van der Waals surface area contributed by atoms with Gasteiger partial charge in [-0.15, -0.1) is 0 Å². The second-order valence-electron chi connectivity index (χ2n) is 9.12. The van der Waals surface area contributed by atoms with E-state index in [-0.39, 0.29) is 5.91 Å². The quantitative estimate of drug-likeness (QED) is 0.474. The summed E-state index contributed by atoms with van der Waals surface area (Å²) in [5.41, 5.74) is 3.36. The van der Waals surface area contributed by atoms with E-state index in [2.05, 4.69) is 56.6 Å². The number of ether oxygens (including phenoxy) is 1. The van der Waals surface area contributed by atoms with E-state index < -0.39 is 0 Å². The van der Waals surface area contributed by atoms with Gasteiger partial charge in [-0.25, -0.2) is 15.0 Å². The summed E-state index contributed by atoms with van der Waals surface area (Å²) in [6.45, 7) is 2.90. The Balaban J connectivity index is 1.37. The number of anilines is 2. The third kappa shape index (κ3) is 6.09. The molecule has 0 radical (unpaired) electrons. The molecule has 1 amide bonds. The number of piperidine rings is 1. The Labute approximate surface area is 212 Å². The Bertz CT molecular complexity index is 1160. The maximum Gasteiger partial charge on any atom is 0.251 e. The molecule has 9 heteroatoms. The predicted octanol–water partition coefficient (Wildman–Crippen LogP) is 3.09. The molecule has 2 N–H and O–H groups in total. The van der Waals surface area contributed by atoms with Gasteiger partial charge in [0.1, 0.15) is 23.7 Å². The molecule has 0 unspecified atom stereocenters. The van der Waals surface area contributed by atoms with Gasteiger partial charge in [0.15, 0.2) is 0 Å². The van der Waals surface area contributed by atoms with Gasteiger partial charge in [-0.1, -0.05) is 6.07 Å². The summed E-state index contributed by atoms with van der Waals surface area (Å²) in [5.74, 6) is 2.28. The Hall–Kier alpha value is -3.72. The van der Waals surface area contributed by atoms with Gasteiger partial charge in [0.05, 0.1) is 12.8 Å². The fourth-order valence-electron chi connectivity index (χ4n) is 4.49. The van der Waals surface area contributed by atoms with Crippen LogP contribution in [0.15, 0.2) is 48.9 Å². The minimum Gasteiger partial charge on any atom is -0.496 e. The summed E-state index contributed by atoms with van der Waals surface area (Å²) in [6.07, 6.45) is 6.47. The molecule has 0 saturated carbocycles. The Morgan fingerprint density at radius 1 is 1.14 bits per heavy atom. The Morgan fingerprint density at radius 2 is 1.94 bits per heavy atom. The van der Waals surface area contributed by atoms with Gasteiger partial charge in [0.2, 0.25) is 0 Å². The zero-order chi connectivity index (χ0) is 25.5. The number of methoxy groups -OCH3 is 1. The molecule has 1 saturated heterocycles. The molecule has 0 bridgehead atoms. The highest BCUT2D eigenvalue weighted by Crippen LogP contribution is 2.24. The molecule has 1 fully saturated rings. The second-order valence-corrected chi connectivity index (χ2v) is 9.12. The van der Waals surface area contributed by atoms with Gasteiger partial charge >= 0.3 is 0 Å². The average molecular weight is 490 g/mol. The van der Waals surface area contributed by atoms with Crippen molar-refractivity contribution in [3.8, 4) is 17.0 Å². The molecule has 4 rings (SSSR count). The van der Waals surface area contributed by atoms with Crippen LogP contribution in [0.1, 0.15) is 28.8 Å². The summed E-state index contributed by atoms with van der Waals surface area (Å²) >= 11 is 0. The summed E-state index contributed by atoms with van der Waals surface area (Å²) < 4.78 is 5.48. The van der Waals surface area contributed by atoms with Crippen LogP contribution in [0.2, 0.25) is 0 Å². The second kappa shape index (κ2) is 11.8. The first-order valence-electron chi connectivity index (χ1n) is 12.3. The van der Waals surface area contributed by atoms with E-state index in [1.807, 2.05) is 18.3 Å². The normalized spacial score (nSPS) is 14.3. The van der Waals surface area contributed by atoms with Crippen LogP contribution < -0.4 is 20.3 Å². The van der Waals surface area contributed by atoms with Gasteiger partial charge in [-0.3, -0.25) is 4.79 Å². The van der Waals surface area contributed by atoms with Crippen molar-refractivity contribution in [3.63, 3.8) is 0 Å². The van der Waals surface area contributed by atoms with Gasteiger partial charge in [-0.2, -0.15) is 0 Å². The van der Waals surface area contributed by atoms with E-state index in [1.165, 1.54) is 0 Å². The first-order chi connectivity index (χ1) is 17.5. The lowest BCUT2D eigenvalue weighted by Crippen LogP contribution is -2.42. The number of hydrogen-bond donors (Lipinski definition) is 2. The molecule has 0 aliphatic carbocycles. The van der Waals surface area contributed by atoms with Crippen LogP contribution in [0.25, 0.3) is 11.3 Å². The lowest BCUT2D eigenvalue weighted by molar-refractivity contribution is 0.0962. The third-order valence-electron chi connectivity index (χ3n) is 6.78. The number of nitrogens with zero attached hydrogens (tertiary/aromatic N) is 5. The molecule has 1 aliphatic rings. The Kier molecular flexibility index (Phi) is 8.32. The van der Waals surface area contributed by atoms with E-state index in [4.69, 9.17) is 9.72 Å². The number of amides is 1. The molecule has 1 aliphatic heterocycles. The van der Waals surface area contributed by atoms with Crippen LogP contribution in [0.3, 0.4) is 0 Å². The van der Waals surface area contributed by atoms with Gasteiger partial charge < -0.3 is 25.2 Å². The van der Waals surface area contributed by atoms with Crippen molar-refractivity contribution in [2.45, 2.75) is 25.3 Å². The number of hydrogen-bond acceptors (Lipinski definition) is 8. The highest BCUT2D eigenvalue weighted by atomic mass is 16.5. The van der Waals surface area contributed by atoms with Crippen LogP contribution in [-0.4, -0.2) is 79.7 Å². The van der Waals surface area contributed by atoms with Crippen molar-refractivity contribution in [3.05, 3.63) is 60.0 Å². The highest BCUT2D eigenvalue weighted by Gasteiger charge is 2.21. The zero-order valence-electron chi connectivity index (χ0n) is 21.5. The smallest absolute Gasteiger partial charge is 0.251 e. The van der Waals surface area contributed by atoms with Gasteiger partial charge in [0, 0.05) is 50.1 Å². The van der Waals surface area contributed by atoms with Crippen molar-refractivity contribution in [2.75, 3.05) is 58.1 Å². The highest BCUT2D eigenvalue weighted by molar-refractivity contribution is 5.94. The summed E-state index contributed by atoms with van der Waals surface area (Å²) in [6, 6.07) is 12.1. The predicted molar refractivity (Wildman–Crippen MR) is 143 cm³/mol. The number of benzene rings is 1. The first-order valence-corrected chi connectivity index (χ1v) is 12.3. The minimum absolute atomic E-state index is 0.137. The van der Waals surface area contributed by atoms with E-state index in [9.17, 15) is 4.79 Å². The number of aromatic nitrogens is 3. The molecule has 2 aromatic heterocycles. The first kappa shape index (κ1) is 25.4. The molecule has 9 nitrogen and oxygen atoms in total. The molecule has 0 spiro atoms. The van der Waals surface area contributed by atoms with E-state index in [0.717, 1.165) is 60.8 Å². The minimum atomic E-state index is -0.137. The fraction of sp³-hybridized carbons (Fsp3) is 0.407. The van der Waals surface area contributed by atoms with Crippen LogP contribution in [0, 0.1) is 0 Å². The lowest BCUT2D eigenvalue weighted by atomic mass is 10.0. The number of pyridine rings is 1. The molecule has 36 heavy (non-hydrogen) atoms. The Morgan fingerprint density at radius 3 is 2.64 bits per heavy atom. The monoisotopic (exact) mass is 489 g/mol. The SMILES string of the molecule is CNC(=O)c1ccc(CCNc2cc(-c3ccc(N(C)C4CCN(C)CC4)nc3)ncn2)c(OC)c1. The van der Waals surface area contributed by atoms with Crippen LogP contribution in [0.4, 0.5) is 11.6 Å². The van der Waals surface area contributed by atoms with Crippen LogP contribution in [-0.2, 0) is 6.42 Å². The number of nitrogens with one attached hydrogen (secondary N) is 2. The number of carbonyl (C=O) groups is 1. The average Bonchev–Trinajstić information content (AvgIpc) is 2.93. The molecule has 190 valence electrons. The topological polar surface area (TPSA) is 95.5 Å². The maximum absolute atomic E-state index is 11.9. The zero-order valence-corrected chi connectivity index (χ0v) is 21.5. The van der Waals surface area contributed by atoms with Crippen LogP contribution in [0.5, 0.6) is 5.75 Å². The summed E-state index contributed by atoms with van der Waals surface area (Å²) in [4.78, 5) is 30.1. The molecule has 1 aromatic carbocycles. The van der Waals surface area contributed by atoms with Crippen molar-refractivity contribution >= 4 is 17.5 Å². The summed E-state index contributed by atoms with van der Waals surface area (Å²) in [7, 11) is 7.53. The van der Waals surface area contributed by atoms with E-state index >= 15 is 0 Å². The molecule has 3 aromatic rings. The third-order valence-corrected chi connectivity index (χ3v) is 6.78. The standard InChI is InChI=1S/C27H35N7O2/c1-28-27(35)20-6-5-19(24(15-20)36-4)9-12-29-25-16-23(31-18-32-25)21-7-8-26(30-17-21)34(3)22-10-13-33(2)14-11-22/h5-8,15-18,22H,9-14H2,1-4H3,(H,28,35)(H,29,31,32). The number of likely N-dealkylation sites (tertiary alicyclic amines) is 1. The van der Waals surface area contributed by atoms with E-state index in [1.54, 1.807) is 32.6 Å². The van der Waals surface area contributed by atoms with Crippen LogP contribution >= 0.6 is 0 Å². The van der Waals surface area contributed by atoms with Crippen molar-refractivity contribution < 1.29 is 9.53 Å². The largest absolute Gasteiger partial charge is 0.496 e. The fourth-order valence-corrected chi connectivity index (χ4v) is 4.49. The van der Waals surface area contributed by atoms with Gasteiger partial charge in [0.25, 0.3) is 5.91 Å². The van der Waals surface area contributed by atoms with Crippen molar-refractivity contribution in [2.24, 2.45) is 0 Å². The summed E-state index contributed by atoms with van der Waals surface area (Å²) in [5, 5.41) is 5.99. The number of rotatable bonds is 9. The number of carbonyl (C=O) groups excluding carboxylic acids is 1. The lowest BCUT2D eigenvalue weighted by Gasteiger charge is -2.35. The van der Waals surface area contributed by atoms with Crippen molar-refractivity contribution in [1.82, 2.24) is 25.2 Å². The molecular formula is C27H35N7O2. The maximum atomic E-state index is 11.9. The van der Waals surface area contributed by atoms with Gasteiger partial charge in [-0.05, 0) is 69.2 Å². The van der Waals surface area contributed by atoms with E-state index in [0.29, 0.717) is 23.9 Å².